The number of nitriles is 1. The first-order chi connectivity index (χ1) is 16.6. The van der Waals surface area contributed by atoms with E-state index >= 15 is 0 Å². The Morgan fingerprint density at radius 3 is 2.00 bits per heavy atom. The predicted molar refractivity (Wildman–Crippen MR) is 134 cm³/mol. The smallest absolute Gasteiger partial charge is 0.144 e. The van der Waals surface area contributed by atoms with E-state index in [0.29, 0.717) is 24.0 Å². The molecule has 3 rings (SSSR count). The van der Waals surface area contributed by atoms with Crippen LogP contribution in [0.5, 0.6) is 0 Å². The summed E-state index contributed by atoms with van der Waals surface area (Å²) in [6.07, 6.45) is 23.1. The van der Waals surface area contributed by atoms with Gasteiger partial charge in [0.1, 0.15) is 23.3 Å². The molecule has 1 aromatic carbocycles. The van der Waals surface area contributed by atoms with Gasteiger partial charge in [-0.15, -0.1) is 0 Å². The Kier molecular flexibility index (Phi) is 11.6. The lowest BCUT2D eigenvalue weighted by Gasteiger charge is -2.32. The third-order valence-corrected chi connectivity index (χ3v) is 8.12. The third-order valence-electron chi connectivity index (χ3n) is 8.12. The molecule has 0 aromatic heterocycles. The van der Waals surface area contributed by atoms with Crippen molar-refractivity contribution in [2.45, 2.75) is 109 Å². The van der Waals surface area contributed by atoms with Crippen molar-refractivity contribution < 1.29 is 13.5 Å². The average Bonchev–Trinajstić information content (AvgIpc) is 2.85. The van der Waals surface area contributed by atoms with Gasteiger partial charge in [0.05, 0.1) is 12.7 Å². The largest absolute Gasteiger partial charge is 0.374 e. The van der Waals surface area contributed by atoms with Gasteiger partial charge in [-0.2, -0.15) is 5.26 Å². The van der Waals surface area contributed by atoms with E-state index in [1.54, 1.807) is 6.07 Å². The van der Waals surface area contributed by atoms with E-state index in [4.69, 9.17) is 10.00 Å². The molecule has 0 radical (unpaired) electrons. The topological polar surface area (TPSA) is 33.0 Å². The van der Waals surface area contributed by atoms with Crippen LogP contribution >= 0.6 is 0 Å². The van der Waals surface area contributed by atoms with E-state index in [9.17, 15) is 8.78 Å². The molecule has 0 saturated heterocycles. The molecule has 2 nitrogen and oxygen atoms in total. The van der Waals surface area contributed by atoms with E-state index in [0.717, 1.165) is 24.9 Å². The van der Waals surface area contributed by atoms with Crippen LogP contribution in [0.3, 0.4) is 0 Å². The minimum Gasteiger partial charge on any atom is -0.374 e. The fourth-order valence-electron chi connectivity index (χ4n) is 5.81. The van der Waals surface area contributed by atoms with Crippen LogP contribution in [0.25, 0.3) is 0 Å². The van der Waals surface area contributed by atoms with Crippen LogP contribution in [0, 0.1) is 40.7 Å². The second kappa shape index (κ2) is 14.6. The first-order valence-corrected chi connectivity index (χ1v) is 13.7. The van der Waals surface area contributed by atoms with Gasteiger partial charge in [-0.1, -0.05) is 70.4 Å². The Morgan fingerprint density at radius 2 is 1.44 bits per heavy atom. The molecule has 188 valence electrons. The highest BCUT2D eigenvalue weighted by molar-refractivity contribution is 5.35. The van der Waals surface area contributed by atoms with Gasteiger partial charge in [-0.3, -0.25) is 0 Å². The lowest BCUT2D eigenvalue weighted by molar-refractivity contribution is 0.0324. The number of nitrogens with zero attached hydrogens (tertiary/aromatic N) is 1. The van der Waals surface area contributed by atoms with Gasteiger partial charge in [-0.25, -0.2) is 8.78 Å². The highest BCUT2D eigenvalue weighted by Crippen LogP contribution is 2.37. The maximum absolute atomic E-state index is 13.8. The van der Waals surface area contributed by atoms with Crippen LogP contribution < -0.4 is 0 Å². The first kappa shape index (κ1) is 26.9. The summed E-state index contributed by atoms with van der Waals surface area (Å²) < 4.78 is 33.7. The summed E-state index contributed by atoms with van der Waals surface area (Å²) in [4.78, 5) is 0. The quantitative estimate of drug-likeness (QED) is 0.226. The summed E-state index contributed by atoms with van der Waals surface area (Å²) in [5.74, 6) is 0.908. The molecule has 2 saturated carbocycles. The molecule has 0 N–H and O–H groups in total. The lowest BCUT2D eigenvalue weighted by Crippen LogP contribution is -2.22. The SMILES string of the molecule is CCCC/C=C/COC1CCC(CCC2CCC(CCc3cc(F)c(C#N)c(F)c3)CC2)CC1. The fourth-order valence-corrected chi connectivity index (χ4v) is 5.81. The Bertz CT molecular complexity index is 776. The summed E-state index contributed by atoms with van der Waals surface area (Å²) in [6.45, 7) is 3.00. The molecule has 0 unspecified atom stereocenters. The molecule has 0 atom stereocenters. The normalized spacial score (nSPS) is 25.5. The monoisotopic (exact) mass is 471 g/mol. The maximum Gasteiger partial charge on any atom is 0.144 e. The number of hydrogen-bond donors (Lipinski definition) is 0. The van der Waals surface area contributed by atoms with Gasteiger partial charge >= 0.3 is 0 Å². The molecule has 1 aromatic rings. The molecule has 2 fully saturated rings. The summed E-state index contributed by atoms with van der Waals surface area (Å²) in [5.41, 5.74) is 0.198. The van der Waals surface area contributed by atoms with Gasteiger partial charge in [0.25, 0.3) is 0 Å². The van der Waals surface area contributed by atoms with Crippen LogP contribution in [-0.4, -0.2) is 12.7 Å². The average molecular weight is 472 g/mol. The summed E-state index contributed by atoms with van der Waals surface area (Å²) in [7, 11) is 0. The number of aryl methyl sites for hydroxylation is 1. The van der Waals surface area contributed by atoms with Crippen LogP contribution in [0.1, 0.15) is 108 Å². The summed E-state index contributed by atoms with van der Waals surface area (Å²) in [6, 6.07) is 4.26. The molecule has 34 heavy (non-hydrogen) atoms. The Labute approximate surface area is 205 Å². The van der Waals surface area contributed by atoms with Crippen molar-refractivity contribution in [3.8, 4) is 6.07 Å². The number of hydrogen-bond acceptors (Lipinski definition) is 2. The highest BCUT2D eigenvalue weighted by Gasteiger charge is 2.25. The molecule has 4 heteroatoms. The zero-order valence-corrected chi connectivity index (χ0v) is 21.0. The second-order valence-electron chi connectivity index (χ2n) is 10.6. The van der Waals surface area contributed by atoms with Crippen molar-refractivity contribution in [2.75, 3.05) is 6.61 Å². The summed E-state index contributed by atoms with van der Waals surface area (Å²) >= 11 is 0. The van der Waals surface area contributed by atoms with E-state index in [-0.39, 0.29) is 0 Å². The van der Waals surface area contributed by atoms with Crippen LogP contribution in [0.15, 0.2) is 24.3 Å². The minimum absolute atomic E-state index is 0.459. The molecule has 0 aliphatic heterocycles. The summed E-state index contributed by atoms with van der Waals surface area (Å²) in [5, 5.41) is 8.81. The molecule has 0 amide bonds. The standard InChI is InChI=1S/C30H43F2NO/c1-2-3-4-5-6-19-34-27-17-15-25(16-18-27)12-11-23-7-9-24(10-8-23)13-14-26-20-29(31)28(22-33)30(32)21-26/h5-6,20-21,23-25,27H,2-4,7-19H2,1H3/b6-5+. The van der Waals surface area contributed by atoms with E-state index in [2.05, 4.69) is 19.1 Å². The fraction of sp³-hybridized carbons (Fsp3) is 0.700. The first-order valence-electron chi connectivity index (χ1n) is 13.7. The van der Waals surface area contributed by atoms with Crippen LogP contribution in [0.2, 0.25) is 0 Å². The molecule has 0 spiro atoms. The lowest BCUT2D eigenvalue weighted by atomic mass is 9.75. The van der Waals surface area contributed by atoms with E-state index in [1.165, 1.54) is 95.6 Å². The number of allylic oxidation sites excluding steroid dienone is 1. The molecule has 0 heterocycles. The third kappa shape index (κ3) is 8.81. The van der Waals surface area contributed by atoms with Gasteiger partial charge in [0.2, 0.25) is 0 Å². The second-order valence-corrected chi connectivity index (χ2v) is 10.6. The predicted octanol–water partition coefficient (Wildman–Crippen LogP) is 8.68. The van der Waals surface area contributed by atoms with Crippen molar-refractivity contribution in [3.05, 3.63) is 47.0 Å². The highest BCUT2D eigenvalue weighted by atomic mass is 19.1. The van der Waals surface area contributed by atoms with Crippen molar-refractivity contribution in [2.24, 2.45) is 17.8 Å². The van der Waals surface area contributed by atoms with Crippen LogP contribution in [0.4, 0.5) is 8.78 Å². The molecule has 2 aliphatic rings. The maximum atomic E-state index is 13.8. The van der Waals surface area contributed by atoms with Crippen molar-refractivity contribution >= 4 is 0 Å². The Morgan fingerprint density at radius 1 is 0.882 bits per heavy atom. The number of ether oxygens (including phenoxy) is 1. The minimum atomic E-state index is -0.735. The van der Waals surface area contributed by atoms with Crippen molar-refractivity contribution in [3.63, 3.8) is 0 Å². The molecular formula is C30H43F2NO. The molecule has 2 aliphatic carbocycles. The Balaban J connectivity index is 1.26. The number of benzene rings is 1. The Hall–Kier alpha value is -1.73. The molecular weight excluding hydrogens is 428 g/mol. The van der Waals surface area contributed by atoms with Crippen molar-refractivity contribution in [1.82, 2.24) is 0 Å². The van der Waals surface area contributed by atoms with Gasteiger partial charge in [0.15, 0.2) is 0 Å². The number of halogens is 2. The number of unbranched alkanes of at least 4 members (excludes halogenated alkanes) is 2. The van der Waals surface area contributed by atoms with Gasteiger partial charge < -0.3 is 4.74 Å². The zero-order valence-electron chi connectivity index (χ0n) is 21.0. The van der Waals surface area contributed by atoms with Crippen molar-refractivity contribution in [1.29, 1.82) is 5.26 Å². The zero-order chi connectivity index (χ0) is 24.2. The molecule has 0 bridgehead atoms. The van der Waals surface area contributed by atoms with Gasteiger partial charge in [-0.05, 0) is 80.4 Å². The van der Waals surface area contributed by atoms with Gasteiger partial charge in [0, 0.05) is 0 Å². The van der Waals surface area contributed by atoms with Crippen LogP contribution in [-0.2, 0) is 11.2 Å². The van der Waals surface area contributed by atoms with E-state index < -0.39 is 17.2 Å². The van der Waals surface area contributed by atoms with E-state index in [1.807, 2.05) is 0 Å². The number of rotatable bonds is 12.